The normalized spacial score (nSPS) is 9.85. The number of hydrogen-bond donors (Lipinski definition) is 1. The second-order valence-electron chi connectivity index (χ2n) is 4.83. The molecule has 0 saturated heterocycles. The van der Waals surface area contributed by atoms with E-state index in [9.17, 15) is 0 Å². The molecule has 3 heteroatoms. The van der Waals surface area contributed by atoms with Gasteiger partial charge in [-0.05, 0) is 30.7 Å². The van der Waals surface area contributed by atoms with Gasteiger partial charge in [0, 0.05) is 6.54 Å². The van der Waals surface area contributed by atoms with Crippen LogP contribution in [0, 0.1) is 0 Å². The molecule has 0 bridgehead atoms. The van der Waals surface area contributed by atoms with Crippen LogP contribution in [0.2, 0.25) is 0 Å². The van der Waals surface area contributed by atoms with Crippen molar-refractivity contribution in [1.82, 2.24) is 5.32 Å². The molecule has 0 atom stereocenters. The number of halogens is 1. The second-order valence-corrected chi connectivity index (χ2v) is 4.83. The molecule has 20 heavy (non-hydrogen) atoms. The van der Waals surface area contributed by atoms with E-state index in [0.29, 0.717) is 6.61 Å². The molecule has 0 fully saturated rings. The van der Waals surface area contributed by atoms with Gasteiger partial charge in [0.2, 0.25) is 0 Å². The molecule has 0 aliphatic carbocycles. The first-order chi connectivity index (χ1) is 9.36. The topological polar surface area (TPSA) is 21.3 Å². The Morgan fingerprint density at radius 2 is 1.80 bits per heavy atom. The SMILES string of the molecule is C=CCOc1ccc(CNCCCCCCC)cc1.Cl. The van der Waals surface area contributed by atoms with E-state index >= 15 is 0 Å². The van der Waals surface area contributed by atoms with E-state index in [-0.39, 0.29) is 12.4 Å². The zero-order chi connectivity index (χ0) is 13.8. The van der Waals surface area contributed by atoms with Crippen molar-refractivity contribution in [3.63, 3.8) is 0 Å². The van der Waals surface area contributed by atoms with E-state index in [2.05, 4.69) is 31.0 Å². The first-order valence-electron chi connectivity index (χ1n) is 7.40. The van der Waals surface area contributed by atoms with Crippen molar-refractivity contribution < 1.29 is 4.74 Å². The highest BCUT2D eigenvalue weighted by atomic mass is 35.5. The monoisotopic (exact) mass is 297 g/mol. The molecule has 0 spiro atoms. The van der Waals surface area contributed by atoms with Crippen molar-refractivity contribution in [2.45, 2.75) is 45.6 Å². The van der Waals surface area contributed by atoms with Gasteiger partial charge in [0.25, 0.3) is 0 Å². The molecule has 1 N–H and O–H groups in total. The fourth-order valence-electron chi connectivity index (χ4n) is 1.94. The molecule has 0 aliphatic rings. The summed E-state index contributed by atoms with van der Waals surface area (Å²) in [4.78, 5) is 0. The minimum atomic E-state index is 0. The minimum absolute atomic E-state index is 0. The van der Waals surface area contributed by atoms with E-state index in [1.165, 1.54) is 37.7 Å². The smallest absolute Gasteiger partial charge is 0.119 e. The Hall–Kier alpha value is -0.990. The number of hydrogen-bond acceptors (Lipinski definition) is 2. The third kappa shape index (κ3) is 9.00. The van der Waals surface area contributed by atoms with Crippen molar-refractivity contribution in [1.29, 1.82) is 0 Å². The molecular weight excluding hydrogens is 270 g/mol. The second kappa shape index (κ2) is 13.0. The molecule has 114 valence electrons. The van der Waals surface area contributed by atoms with Gasteiger partial charge in [-0.1, -0.05) is 57.4 Å². The third-order valence-corrected chi connectivity index (χ3v) is 3.08. The highest BCUT2D eigenvalue weighted by Crippen LogP contribution is 2.12. The summed E-state index contributed by atoms with van der Waals surface area (Å²) in [7, 11) is 0. The van der Waals surface area contributed by atoms with Crippen molar-refractivity contribution in [3.05, 3.63) is 42.5 Å². The highest BCUT2D eigenvalue weighted by molar-refractivity contribution is 5.85. The lowest BCUT2D eigenvalue weighted by Crippen LogP contribution is -2.14. The van der Waals surface area contributed by atoms with Gasteiger partial charge in [-0.3, -0.25) is 0 Å². The van der Waals surface area contributed by atoms with Crippen LogP contribution in [0.5, 0.6) is 5.75 Å². The zero-order valence-corrected chi connectivity index (χ0v) is 13.4. The Kier molecular flexibility index (Phi) is 12.4. The summed E-state index contributed by atoms with van der Waals surface area (Å²) in [6, 6.07) is 8.26. The lowest BCUT2D eigenvalue weighted by Gasteiger charge is -2.07. The van der Waals surface area contributed by atoms with E-state index in [0.717, 1.165) is 18.8 Å². The molecule has 1 aromatic carbocycles. The molecule has 0 saturated carbocycles. The summed E-state index contributed by atoms with van der Waals surface area (Å²) in [5.41, 5.74) is 1.31. The number of ether oxygens (including phenoxy) is 1. The summed E-state index contributed by atoms with van der Waals surface area (Å²) < 4.78 is 5.45. The van der Waals surface area contributed by atoms with Gasteiger partial charge in [0.1, 0.15) is 12.4 Å². The van der Waals surface area contributed by atoms with Crippen molar-refractivity contribution in [2.75, 3.05) is 13.2 Å². The van der Waals surface area contributed by atoms with Crippen LogP contribution in [0.4, 0.5) is 0 Å². The minimum Gasteiger partial charge on any atom is -0.490 e. The van der Waals surface area contributed by atoms with Gasteiger partial charge >= 0.3 is 0 Å². The van der Waals surface area contributed by atoms with Crippen LogP contribution in [-0.2, 0) is 6.54 Å². The molecule has 0 radical (unpaired) electrons. The quantitative estimate of drug-likeness (QED) is 0.471. The van der Waals surface area contributed by atoms with Gasteiger partial charge < -0.3 is 10.1 Å². The first-order valence-corrected chi connectivity index (χ1v) is 7.40. The molecule has 0 amide bonds. The van der Waals surface area contributed by atoms with Crippen molar-refractivity contribution in [3.8, 4) is 5.75 Å². The maximum atomic E-state index is 5.45. The van der Waals surface area contributed by atoms with Crippen LogP contribution in [-0.4, -0.2) is 13.2 Å². The Bertz CT molecular complexity index is 337. The molecule has 0 aliphatic heterocycles. The van der Waals surface area contributed by atoms with E-state index in [1.807, 2.05) is 12.1 Å². The molecule has 0 unspecified atom stereocenters. The van der Waals surface area contributed by atoms with Crippen molar-refractivity contribution >= 4 is 12.4 Å². The van der Waals surface area contributed by atoms with Gasteiger partial charge in [0.05, 0.1) is 0 Å². The number of benzene rings is 1. The summed E-state index contributed by atoms with van der Waals surface area (Å²) in [6.45, 7) is 8.50. The molecule has 2 nitrogen and oxygen atoms in total. The van der Waals surface area contributed by atoms with Crippen LogP contribution in [0.25, 0.3) is 0 Å². The number of unbranched alkanes of at least 4 members (excludes halogenated alkanes) is 4. The van der Waals surface area contributed by atoms with Crippen LogP contribution >= 0.6 is 12.4 Å². The van der Waals surface area contributed by atoms with Crippen LogP contribution in [0.15, 0.2) is 36.9 Å². The molecule has 0 aromatic heterocycles. The van der Waals surface area contributed by atoms with Crippen molar-refractivity contribution in [2.24, 2.45) is 0 Å². The Labute approximate surface area is 130 Å². The fourth-order valence-corrected chi connectivity index (χ4v) is 1.94. The Morgan fingerprint density at radius 3 is 2.45 bits per heavy atom. The summed E-state index contributed by atoms with van der Waals surface area (Å²) >= 11 is 0. The van der Waals surface area contributed by atoms with E-state index in [4.69, 9.17) is 4.74 Å². The fraction of sp³-hybridized carbons (Fsp3) is 0.529. The predicted molar refractivity (Wildman–Crippen MR) is 89.8 cm³/mol. The molecule has 1 aromatic rings. The van der Waals surface area contributed by atoms with Crippen LogP contribution < -0.4 is 10.1 Å². The molecule has 1 rings (SSSR count). The predicted octanol–water partition coefficient (Wildman–Crippen LogP) is 4.73. The average Bonchev–Trinajstić information content (AvgIpc) is 2.45. The largest absolute Gasteiger partial charge is 0.490 e. The van der Waals surface area contributed by atoms with E-state index in [1.54, 1.807) is 6.08 Å². The maximum absolute atomic E-state index is 5.45. The summed E-state index contributed by atoms with van der Waals surface area (Å²) in [5, 5.41) is 3.48. The van der Waals surface area contributed by atoms with Crippen LogP contribution in [0.3, 0.4) is 0 Å². The van der Waals surface area contributed by atoms with Gasteiger partial charge in [-0.15, -0.1) is 12.4 Å². The average molecular weight is 298 g/mol. The number of nitrogens with one attached hydrogen (secondary N) is 1. The highest BCUT2D eigenvalue weighted by Gasteiger charge is 1.95. The lowest BCUT2D eigenvalue weighted by molar-refractivity contribution is 0.363. The van der Waals surface area contributed by atoms with Gasteiger partial charge in [-0.25, -0.2) is 0 Å². The Balaban J connectivity index is 0.00000361. The van der Waals surface area contributed by atoms with E-state index < -0.39 is 0 Å². The zero-order valence-electron chi connectivity index (χ0n) is 12.6. The molecular formula is C17H28ClNO. The van der Waals surface area contributed by atoms with Crippen LogP contribution in [0.1, 0.15) is 44.6 Å². The Morgan fingerprint density at radius 1 is 1.10 bits per heavy atom. The van der Waals surface area contributed by atoms with Gasteiger partial charge in [-0.2, -0.15) is 0 Å². The summed E-state index contributed by atoms with van der Waals surface area (Å²) in [5.74, 6) is 0.906. The molecule has 0 heterocycles. The summed E-state index contributed by atoms with van der Waals surface area (Å²) in [6.07, 6.45) is 8.43. The lowest BCUT2D eigenvalue weighted by atomic mass is 10.1. The first kappa shape index (κ1) is 19.0. The number of rotatable bonds is 11. The maximum Gasteiger partial charge on any atom is 0.119 e. The van der Waals surface area contributed by atoms with Gasteiger partial charge in [0.15, 0.2) is 0 Å². The third-order valence-electron chi connectivity index (χ3n) is 3.08. The standard InChI is InChI=1S/C17H27NO.ClH/c1-3-5-6-7-8-13-18-15-16-9-11-17(12-10-16)19-14-4-2;/h4,9-12,18H,2-3,5-8,13-15H2,1H3;1H.